The van der Waals surface area contributed by atoms with Crippen molar-refractivity contribution in [2.75, 3.05) is 13.7 Å². The Bertz CT molecular complexity index is 443. The van der Waals surface area contributed by atoms with E-state index in [2.05, 4.69) is 17.4 Å². The van der Waals surface area contributed by atoms with E-state index in [4.69, 9.17) is 4.74 Å². The molecule has 0 heterocycles. The van der Waals surface area contributed by atoms with Crippen LogP contribution in [0, 0.1) is 0 Å². The van der Waals surface area contributed by atoms with Crippen molar-refractivity contribution in [1.29, 1.82) is 0 Å². The van der Waals surface area contributed by atoms with Gasteiger partial charge in [-0.2, -0.15) is 0 Å². The fourth-order valence-electron chi connectivity index (χ4n) is 1.46. The predicted molar refractivity (Wildman–Crippen MR) is 70.0 cm³/mol. The number of methoxy groups -OCH3 is 1. The highest BCUT2D eigenvalue weighted by molar-refractivity contribution is 7.80. The third kappa shape index (κ3) is 4.07. The highest BCUT2D eigenvalue weighted by Crippen LogP contribution is 2.18. The fourth-order valence-corrected chi connectivity index (χ4v) is 1.78. The minimum atomic E-state index is -0.368. The first-order valence-corrected chi connectivity index (χ1v) is 6.09. The maximum atomic E-state index is 11.5. The number of carbonyl (C=O) groups excluding carboxylic acids is 2. The standard InChI is InChI=1S/C13H16O4S/c1-3-17-13(15)10-5-4-9(11(18)8-10)6-7-12(14)16-2/h4-5,8,18H,3,6-7H2,1-2H3. The molecule has 0 bridgehead atoms. The molecule has 1 aromatic carbocycles. The average Bonchev–Trinajstić information content (AvgIpc) is 2.37. The van der Waals surface area contributed by atoms with Crippen molar-refractivity contribution in [2.45, 2.75) is 24.7 Å². The molecular formula is C13H16O4S. The van der Waals surface area contributed by atoms with Crippen LogP contribution in [-0.2, 0) is 20.7 Å². The van der Waals surface area contributed by atoms with Gasteiger partial charge in [0.05, 0.1) is 19.3 Å². The molecular weight excluding hydrogens is 252 g/mol. The normalized spacial score (nSPS) is 9.94. The summed E-state index contributed by atoms with van der Waals surface area (Å²) in [6.07, 6.45) is 0.831. The predicted octanol–water partition coefficient (Wildman–Crippen LogP) is 2.26. The van der Waals surface area contributed by atoms with E-state index >= 15 is 0 Å². The van der Waals surface area contributed by atoms with E-state index in [-0.39, 0.29) is 11.9 Å². The van der Waals surface area contributed by atoms with Crippen LogP contribution in [0.25, 0.3) is 0 Å². The number of carbonyl (C=O) groups is 2. The molecule has 0 saturated heterocycles. The summed E-state index contributed by atoms with van der Waals surface area (Å²) in [7, 11) is 1.35. The van der Waals surface area contributed by atoms with Gasteiger partial charge < -0.3 is 9.47 Å². The van der Waals surface area contributed by atoms with Gasteiger partial charge in [0.2, 0.25) is 0 Å². The van der Waals surface area contributed by atoms with Gasteiger partial charge in [0, 0.05) is 11.3 Å². The van der Waals surface area contributed by atoms with Crippen molar-refractivity contribution in [3.8, 4) is 0 Å². The number of aryl methyl sites for hydroxylation is 1. The summed E-state index contributed by atoms with van der Waals surface area (Å²) in [4.78, 5) is 23.2. The van der Waals surface area contributed by atoms with Gasteiger partial charge in [0.15, 0.2) is 0 Å². The summed E-state index contributed by atoms with van der Waals surface area (Å²) < 4.78 is 9.46. The molecule has 0 spiro atoms. The van der Waals surface area contributed by atoms with E-state index in [1.165, 1.54) is 7.11 Å². The Morgan fingerprint density at radius 2 is 2.06 bits per heavy atom. The highest BCUT2D eigenvalue weighted by Gasteiger charge is 2.10. The monoisotopic (exact) mass is 268 g/mol. The number of esters is 2. The van der Waals surface area contributed by atoms with Crippen LogP contribution < -0.4 is 0 Å². The lowest BCUT2D eigenvalue weighted by molar-refractivity contribution is -0.140. The number of thiol groups is 1. The fraction of sp³-hybridized carbons (Fsp3) is 0.385. The Balaban J connectivity index is 2.73. The van der Waals surface area contributed by atoms with Crippen LogP contribution in [0.1, 0.15) is 29.3 Å². The maximum Gasteiger partial charge on any atom is 0.338 e. The Labute approximate surface area is 112 Å². The Morgan fingerprint density at radius 3 is 2.61 bits per heavy atom. The molecule has 1 aromatic rings. The molecule has 0 aliphatic heterocycles. The molecule has 4 nitrogen and oxygen atoms in total. The molecule has 0 saturated carbocycles. The molecule has 0 aliphatic rings. The van der Waals surface area contributed by atoms with E-state index in [9.17, 15) is 9.59 Å². The Hall–Kier alpha value is -1.49. The van der Waals surface area contributed by atoms with Gasteiger partial charge in [-0.15, -0.1) is 12.6 Å². The van der Waals surface area contributed by atoms with Gasteiger partial charge in [-0.05, 0) is 31.0 Å². The summed E-state index contributed by atoms with van der Waals surface area (Å²) in [5, 5.41) is 0. The molecule has 18 heavy (non-hydrogen) atoms. The van der Waals surface area contributed by atoms with Crippen LogP contribution in [0.4, 0.5) is 0 Å². The zero-order valence-electron chi connectivity index (χ0n) is 10.4. The van der Waals surface area contributed by atoms with Crippen molar-refractivity contribution in [3.63, 3.8) is 0 Å². The molecule has 0 amide bonds. The number of benzene rings is 1. The zero-order chi connectivity index (χ0) is 13.5. The number of hydrogen-bond donors (Lipinski definition) is 1. The molecule has 0 aromatic heterocycles. The molecule has 1 rings (SSSR count). The minimum Gasteiger partial charge on any atom is -0.469 e. The number of hydrogen-bond acceptors (Lipinski definition) is 5. The summed E-state index contributed by atoms with van der Waals surface area (Å²) in [6.45, 7) is 2.09. The minimum absolute atomic E-state index is 0.266. The van der Waals surface area contributed by atoms with Gasteiger partial charge >= 0.3 is 11.9 Å². The zero-order valence-corrected chi connectivity index (χ0v) is 11.3. The van der Waals surface area contributed by atoms with Gasteiger partial charge in [-0.1, -0.05) is 6.07 Å². The van der Waals surface area contributed by atoms with Crippen molar-refractivity contribution in [1.82, 2.24) is 0 Å². The van der Waals surface area contributed by atoms with Crippen molar-refractivity contribution in [2.24, 2.45) is 0 Å². The van der Waals surface area contributed by atoms with Gasteiger partial charge in [-0.25, -0.2) is 4.79 Å². The second-order valence-electron chi connectivity index (χ2n) is 3.64. The smallest absolute Gasteiger partial charge is 0.338 e. The first kappa shape index (κ1) is 14.6. The molecule has 0 N–H and O–H groups in total. The second-order valence-corrected chi connectivity index (χ2v) is 4.12. The topological polar surface area (TPSA) is 52.6 Å². The van der Waals surface area contributed by atoms with E-state index in [1.807, 2.05) is 0 Å². The largest absolute Gasteiger partial charge is 0.469 e. The van der Waals surface area contributed by atoms with Crippen LogP contribution in [0.2, 0.25) is 0 Å². The van der Waals surface area contributed by atoms with E-state index in [0.717, 1.165) is 5.56 Å². The lowest BCUT2D eigenvalue weighted by atomic mass is 10.1. The quantitative estimate of drug-likeness (QED) is 0.657. The van der Waals surface area contributed by atoms with Gasteiger partial charge in [0.1, 0.15) is 0 Å². The number of ether oxygens (including phenoxy) is 2. The molecule has 0 unspecified atom stereocenters. The molecule has 5 heteroatoms. The number of rotatable bonds is 5. The first-order chi connectivity index (χ1) is 8.58. The summed E-state index contributed by atoms with van der Waals surface area (Å²) in [5.74, 6) is -0.635. The van der Waals surface area contributed by atoms with Crippen molar-refractivity contribution >= 4 is 24.6 Å². The summed E-state index contributed by atoms with van der Waals surface area (Å²) in [5.41, 5.74) is 1.36. The molecule has 0 aliphatic carbocycles. The van der Waals surface area contributed by atoms with E-state index < -0.39 is 0 Å². The van der Waals surface area contributed by atoms with E-state index in [0.29, 0.717) is 29.9 Å². The van der Waals surface area contributed by atoms with Crippen LogP contribution in [0.5, 0.6) is 0 Å². The maximum absolute atomic E-state index is 11.5. The first-order valence-electron chi connectivity index (χ1n) is 5.64. The molecule has 0 radical (unpaired) electrons. The highest BCUT2D eigenvalue weighted by atomic mass is 32.1. The summed E-state index contributed by atoms with van der Waals surface area (Å²) >= 11 is 4.30. The molecule has 98 valence electrons. The SMILES string of the molecule is CCOC(=O)c1ccc(CCC(=O)OC)c(S)c1. The second kappa shape index (κ2) is 7.06. The Morgan fingerprint density at radius 1 is 1.33 bits per heavy atom. The van der Waals surface area contributed by atoms with Crippen LogP contribution in [-0.4, -0.2) is 25.7 Å². The average molecular weight is 268 g/mol. The lowest BCUT2D eigenvalue weighted by Gasteiger charge is -2.07. The van der Waals surface area contributed by atoms with Gasteiger partial charge in [0.25, 0.3) is 0 Å². The van der Waals surface area contributed by atoms with Gasteiger partial charge in [-0.3, -0.25) is 4.79 Å². The van der Waals surface area contributed by atoms with E-state index in [1.54, 1.807) is 25.1 Å². The lowest BCUT2D eigenvalue weighted by Crippen LogP contribution is -2.06. The molecule has 0 atom stereocenters. The Kier molecular flexibility index (Phi) is 5.71. The third-order valence-corrected chi connectivity index (χ3v) is 2.84. The van der Waals surface area contributed by atoms with Crippen molar-refractivity contribution in [3.05, 3.63) is 29.3 Å². The molecule has 0 fully saturated rings. The van der Waals surface area contributed by atoms with Crippen LogP contribution in [0.3, 0.4) is 0 Å². The van der Waals surface area contributed by atoms with Crippen molar-refractivity contribution < 1.29 is 19.1 Å². The summed E-state index contributed by atoms with van der Waals surface area (Å²) in [6, 6.07) is 5.09. The van der Waals surface area contributed by atoms with Crippen LogP contribution >= 0.6 is 12.6 Å². The third-order valence-electron chi connectivity index (χ3n) is 2.42. The van der Waals surface area contributed by atoms with Crippen LogP contribution in [0.15, 0.2) is 23.1 Å².